The van der Waals surface area contributed by atoms with E-state index < -0.39 is 0 Å². The van der Waals surface area contributed by atoms with Gasteiger partial charge in [-0.15, -0.1) is 0 Å². The Hall–Kier alpha value is -3.22. The summed E-state index contributed by atoms with van der Waals surface area (Å²) in [6, 6.07) is 11.5. The number of hydrogen-bond donors (Lipinski definition) is 1. The first-order chi connectivity index (χ1) is 12.2. The number of amides is 1. The number of aromatic nitrogens is 4. The second-order valence-corrected chi connectivity index (χ2v) is 5.96. The van der Waals surface area contributed by atoms with E-state index in [2.05, 4.69) is 20.4 Å². The second kappa shape index (κ2) is 6.35. The Morgan fingerprint density at radius 2 is 2.08 bits per heavy atom. The zero-order valence-corrected chi connectivity index (χ0v) is 13.7. The molecule has 25 heavy (non-hydrogen) atoms. The van der Waals surface area contributed by atoms with Crippen molar-refractivity contribution in [2.45, 2.75) is 12.3 Å². The predicted octanol–water partition coefficient (Wildman–Crippen LogP) is 2.41. The van der Waals surface area contributed by atoms with Gasteiger partial charge in [-0.3, -0.25) is 4.79 Å². The summed E-state index contributed by atoms with van der Waals surface area (Å²) in [7, 11) is 1.64. The van der Waals surface area contributed by atoms with Gasteiger partial charge in [0.05, 0.1) is 19.0 Å². The Kier molecular flexibility index (Phi) is 3.89. The van der Waals surface area contributed by atoms with Gasteiger partial charge in [0.2, 0.25) is 5.91 Å². The van der Waals surface area contributed by atoms with Crippen molar-refractivity contribution in [1.29, 1.82) is 0 Å². The molecule has 1 N–H and O–H groups in total. The molecular formula is C18H17N5O2. The molecule has 0 aliphatic heterocycles. The van der Waals surface area contributed by atoms with Crippen molar-refractivity contribution in [2.75, 3.05) is 12.4 Å². The average Bonchev–Trinajstić information content (AvgIpc) is 3.28. The van der Waals surface area contributed by atoms with Crippen LogP contribution < -0.4 is 10.1 Å². The van der Waals surface area contributed by atoms with Crippen molar-refractivity contribution in [1.82, 2.24) is 19.7 Å². The largest absolute Gasteiger partial charge is 0.497 e. The zero-order chi connectivity index (χ0) is 17.2. The second-order valence-electron chi connectivity index (χ2n) is 5.96. The lowest BCUT2D eigenvalue weighted by Crippen LogP contribution is -2.15. The van der Waals surface area contributed by atoms with E-state index in [0.717, 1.165) is 12.2 Å². The minimum Gasteiger partial charge on any atom is -0.497 e. The third-order valence-corrected chi connectivity index (χ3v) is 4.34. The van der Waals surface area contributed by atoms with Gasteiger partial charge in [0.1, 0.15) is 18.4 Å². The van der Waals surface area contributed by atoms with Gasteiger partial charge in [-0.25, -0.2) is 14.6 Å². The quantitative estimate of drug-likeness (QED) is 0.774. The van der Waals surface area contributed by atoms with Crippen LogP contribution in [-0.4, -0.2) is 32.8 Å². The van der Waals surface area contributed by atoms with Gasteiger partial charge in [0.25, 0.3) is 0 Å². The molecule has 2 aromatic heterocycles. The summed E-state index contributed by atoms with van der Waals surface area (Å²) in [6.07, 6.45) is 5.51. The lowest BCUT2D eigenvalue weighted by Gasteiger charge is -2.06. The number of nitrogens with zero attached hydrogens (tertiary/aromatic N) is 4. The van der Waals surface area contributed by atoms with Crippen molar-refractivity contribution >= 4 is 11.6 Å². The summed E-state index contributed by atoms with van der Waals surface area (Å²) in [5.41, 5.74) is 1.84. The molecule has 7 nitrogen and oxygen atoms in total. The van der Waals surface area contributed by atoms with E-state index in [0.29, 0.717) is 11.5 Å². The van der Waals surface area contributed by atoms with Gasteiger partial charge in [-0.05, 0) is 42.2 Å². The van der Waals surface area contributed by atoms with Crippen LogP contribution in [0.25, 0.3) is 5.82 Å². The Labute approximate surface area is 144 Å². The maximum atomic E-state index is 12.4. The standard InChI is InChI=1S/C18H17N5O2/c1-25-14-5-2-12(3-6-14)15-8-16(15)18(24)22-13-4-7-17(20-9-13)23-11-19-10-21-23/h2-7,9-11,15-16H,8H2,1H3,(H,22,24)/t15-,16-/m1/s1. The van der Waals surface area contributed by atoms with E-state index in [1.165, 1.54) is 11.9 Å². The van der Waals surface area contributed by atoms with Crippen LogP contribution in [0.3, 0.4) is 0 Å². The number of benzene rings is 1. The minimum atomic E-state index is 0.00314. The van der Waals surface area contributed by atoms with Gasteiger partial charge in [0.15, 0.2) is 5.82 Å². The molecule has 0 unspecified atom stereocenters. The van der Waals surface area contributed by atoms with Crippen LogP contribution in [0.2, 0.25) is 0 Å². The van der Waals surface area contributed by atoms with Crippen LogP contribution in [0.5, 0.6) is 5.75 Å². The highest BCUT2D eigenvalue weighted by atomic mass is 16.5. The van der Waals surface area contributed by atoms with Crippen LogP contribution in [-0.2, 0) is 4.79 Å². The maximum absolute atomic E-state index is 12.4. The molecule has 0 spiro atoms. The monoisotopic (exact) mass is 335 g/mol. The summed E-state index contributed by atoms with van der Waals surface area (Å²) >= 11 is 0. The van der Waals surface area contributed by atoms with Gasteiger partial charge >= 0.3 is 0 Å². The van der Waals surface area contributed by atoms with E-state index in [4.69, 9.17) is 4.74 Å². The molecule has 0 saturated heterocycles. The number of carbonyl (C=O) groups excluding carboxylic acids is 1. The fourth-order valence-corrected chi connectivity index (χ4v) is 2.86. The Morgan fingerprint density at radius 3 is 2.72 bits per heavy atom. The van der Waals surface area contributed by atoms with Gasteiger partial charge in [0, 0.05) is 5.92 Å². The lowest BCUT2D eigenvalue weighted by molar-refractivity contribution is -0.117. The first kappa shape index (κ1) is 15.3. The highest BCUT2D eigenvalue weighted by Crippen LogP contribution is 2.48. The molecule has 0 bridgehead atoms. The highest BCUT2D eigenvalue weighted by Gasteiger charge is 2.43. The molecule has 1 saturated carbocycles. The normalized spacial score (nSPS) is 18.6. The number of hydrogen-bond acceptors (Lipinski definition) is 5. The number of anilines is 1. The number of rotatable bonds is 5. The third kappa shape index (κ3) is 3.21. The molecule has 1 amide bonds. The van der Waals surface area contributed by atoms with Gasteiger partial charge < -0.3 is 10.1 Å². The molecular weight excluding hydrogens is 318 g/mol. The maximum Gasteiger partial charge on any atom is 0.228 e. The molecule has 4 rings (SSSR count). The van der Waals surface area contributed by atoms with E-state index in [9.17, 15) is 4.79 Å². The molecule has 126 valence electrons. The fraction of sp³-hybridized carbons (Fsp3) is 0.222. The van der Waals surface area contributed by atoms with Crippen LogP contribution >= 0.6 is 0 Å². The fourth-order valence-electron chi connectivity index (χ4n) is 2.86. The van der Waals surface area contributed by atoms with E-state index in [1.54, 1.807) is 30.4 Å². The van der Waals surface area contributed by atoms with E-state index in [1.807, 2.05) is 30.3 Å². The first-order valence-electron chi connectivity index (χ1n) is 8.00. The molecule has 1 fully saturated rings. The Morgan fingerprint density at radius 1 is 1.24 bits per heavy atom. The van der Waals surface area contributed by atoms with Crippen molar-refractivity contribution < 1.29 is 9.53 Å². The number of ether oxygens (including phenoxy) is 1. The molecule has 2 atom stereocenters. The summed E-state index contributed by atoms with van der Waals surface area (Å²) in [6.45, 7) is 0. The van der Waals surface area contributed by atoms with Gasteiger partial charge in [-0.2, -0.15) is 5.10 Å². The zero-order valence-electron chi connectivity index (χ0n) is 13.7. The number of nitrogens with one attached hydrogen (secondary N) is 1. The van der Waals surface area contributed by atoms with Crippen molar-refractivity contribution in [2.24, 2.45) is 5.92 Å². The number of carbonyl (C=O) groups is 1. The summed E-state index contributed by atoms with van der Waals surface area (Å²) < 4.78 is 6.72. The summed E-state index contributed by atoms with van der Waals surface area (Å²) in [5, 5.41) is 6.95. The Balaban J connectivity index is 1.38. The molecule has 3 aromatic rings. The first-order valence-corrected chi connectivity index (χ1v) is 8.00. The number of methoxy groups -OCH3 is 1. The van der Waals surface area contributed by atoms with Crippen molar-refractivity contribution in [3.8, 4) is 11.6 Å². The van der Waals surface area contributed by atoms with Gasteiger partial charge in [-0.1, -0.05) is 12.1 Å². The van der Waals surface area contributed by atoms with Crippen LogP contribution in [0.4, 0.5) is 5.69 Å². The highest BCUT2D eigenvalue weighted by molar-refractivity contribution is 5.95. The smallest absolute Gasteiger partial charge is 0.228 e. The van der Waals surface area contributed by atoms with Crippen LogP contribution in [0.15, 0.2) is 55.2 Å². The molecule has 1 aromatic carbocycles. The minimum absolute atomic E-state index is 0.00314. The van der Waals surface area contributed by atoms with Crippen LogP contribution in [0, 0.1) is 5.92 Å². The molecule has 2 heterocycles. The molecule has 1 aliphatic rings. The molecule has 7 heteroatoms. The summed E-state index contributed by atoms with van der Waals surface area (Å²) in [5.74, 6) is 1.77. The molecule has 0 radical (unpaired) electrons. The topological polar surface area (TPSA) is 81.9 Å². The lowest BCUT2D eigenvalue weighted by atomic mass is 10.1. The molecule has 1 aliphatic carbocycles. The SMILES string of the molecule is COc1ccc([C@H]2C[C@H]2C(=O)Nc2ccc(-n3cncn3)nc2)cc1. The summed E-state index contributed by atoms with van der Waals surface area (Å²) in [4.78, 5) is 20.6. The number of pyridine rings is 1. The predicted molar refractivity (Wildman–Crippen MR) is 91.6 cm³/mol. The third-order valence-electron chi connectivity index (χ3n) is 4.34. The Bertz CT molecular complexity index is 859. The van der Waals surface area contributed by atoms with E-state index in [-0.39, 0.29) is 17.7 Å². The van der Waals surface area contributed by atoms with E-state index >= 15 is 0 Å². The average molecular weight is 335 g/mol. The van der Waals surface area contributed by atoms with Crippen molar-refractivity contribution in [3.05, 3.63) is 60.8 Å². The van der Waals surface area contributed by atoms with Crippen LogP contribution in [0.1, 0.15) is 17.9 Å². The van der Waals surface area contributed by atoms with Crippen molar-refractivity contribution in [3.63, 3.8) is 0 Å².